The molecule has 94 valence electrons. The van der Waals surface area contributed by atoms with Crippen LogP contribution < -0.4 is 10.6 Å². The minimum atomic E-state index is -0.429. The second-order valence-electron chi connectivity index (χ2n) is 3.64. The van der Waals surface area contributed by atoms with Crippen LogP contribution in [0.1, 0.15) is 5.56 Å². The number of nitrogens with two attached hydrogens (primary N) is 1. The van der Waals surface area contributed by atoms with E-state index in [1.54, 1.807) is 18.2 Å². The van der Waals surface area contributed by atoms with Gasteiger partial charge in [-0.15, -0.1) is 0 Å². The van der Waals surface area contributed by atoms with E-state index in [1.807, 2.05) is 0 Å². The predicted molar refractivity (Wildman–Crippen MR) is 73.3 cm³/mol. The highest BCUT2D eigenvalue weighted by atomic mass is 79.9. The zero-order chi connectivity index (χ0) is 13.3. The number of imide groups is 1. The molecule has 2 amide bonds. The van der Waals surface area contributed by atoms with Crippen LogP contribution in [0.15, 0.2) is 22.7 Å². The molecule has 2 rings (SSSR count). The van der Waals surface area contributed by atoms with Gasteiger partial charge in [0.15, 0.2) is 0 Å². The number of halogens is 1. The van der Waals surface area contributed by atoms with Crippen LogP contribution in [0, 0.1) is 0 Å². The van der Waals surface area contributed by atoms with Gasteiger partial charge in [0.05, 0.1) is 5.69 Å². The van der Waals surface area contributed by atoms with Gasteiger partial charge in [0.1, 0.15) is 18.2 Å². The van der Waals surface area contributed by atoms with Gasteiger partial charge in [-0.2, -0.15) is 0 Å². The molecule has 1 aromatic carbocycles. The number of morpholine rings is 1. The van der Waals surface area contributed by atoms with Crippen LogP contribution in [0.4, 0.5) is 5.69 Å². The van der Waals surface area contributed by atoms with Crippen LogP contribution >= 0.6 is 28.1 Å². The van der Waals surface area contributed by atoms with Crippen molar-refractivity contribution >= 4 is 50.6 Å². The lowest BCUT2D eigenvalue weighted by Gasteiger charge is -2.26. The minimum Gasteiger partial charge on any atom is -0.389 e. The molecule has 1 fully saturated rings. The molecule has 0 radical (unpaired) electrons. The summed E-state index contributed by atoms with van der Waals surface area (Å²) in [6.07, 6.45) is 0. The molecule has 0 atom stereocenters. The summed E-state index contributed by atoms with van der Waals surface area (Å²) in [5.74, 6) is -0.858. The first-order valence-electron chi connectivity index (χ1n) is 5.03. The normalized spacial score (nSPS) is 15.9. The van der Waals surface area contributed by atoms with Crippen LogP contribution in [0.2, 0.25) is 0 Å². The van der Waals surface area contributed by atoms with Crippen molar-refractivity contribution in [2.75, 3.05) is 18.1 Å². The number of amides is 2. The summed E-state index contributed by atoms with van der Waals surface area (Å²) in [5, 5.41) is 0. The van der Waals surface area contributed by atoms with Crippen LogP contribution in [-0.2, 0) is 14.3 Å². The van der Waals surface area contributed by atoms with Crippen molar-refractivity contribution < 1.29 is 14.3 Å². The number of nitrogens with zero attached hydrogens (tertiary/aromatic N) is 1. The van der Waals surface area contributed by atoms with E-state index in [9.17, 15) is 9.59 Å². The lowest BCUT2D eigenvalue weighted by molar-refractivity contribution is -0.138. The smallest absolute Gasteiger partial charge is 0.259 e. The molecule has 5 nitrogen and oxygen atoms in total. The van der Waals surface area contributed by atoms with E-state index < -0.39 is 11.8 Å². The molecule has 0 aliphatic carbocycles. The van der Waals surface area contributed by atoms with Crippen molar-refractivity contribution in [2.45, 2.75) is 0 Å². The number of hydrogen-bond acceptors (Lipinski definition) is 4. The highest BCUT2D eigenvalue weighted by Crippen LogP contribution is 2.26. The SMILES string of the molecule is NC(=S)c1ccc(Br)cc1N1C(=O)COCC1=O. The van der Waals surface area contributed by atoms with Crippen LogP contribution in [-0.4, -0.2) is 30.0 Å². The van der Waals surface area contributed by atoms with E-state index in [0.717, 1.165) is 9.37 Å². The van der Waals surface area contributed by atoms with E-state index in [1.165, 1.54) is 0 Å². The molecule has 7 heteroatoms. The Labute approximate surface area is 117 Å². The molecule has 18 heavy (non-hydrogen) atoms. The quantitative estimate of drug-likeness (QED) is 0.647. The van der Waals surface area contributed by atoms with E-state index >= 15 is 0 Å². The summed E-state index contributed by atoms with van der Waals surface area (Å²) in [6, 6.07) is 5.04. The lowest BCUT2D eigenvalue weighted by atomic mass is 10.1. The average molecular weight is 329 g/mol. The standard InChI is InChI=1S/C11H9BrN2O3S/c12-6-1-2-7(11(13)18)8(3-6)14-9(15)4-17-5-10(14)16/h1-3H,4-5H2,(H2,13,18). The first-order valence-corrected chi connectivity index (χ1v) is 6.23. The monoisotopic (exact) mass is 328 g/mol. The van der Waals surface area contributed by atoms with Gasteiger partial charge in [0.2, 0.25) is 0 Å². The first-order chi connectivity index (χ1) is 8.50. The summed E-state index contributed by atoms with van der Waals surface area (Å²) in [7, 11) is 0. The zero-order valence-corrected chi connectivity index (χ0v) is 11.6. The highest BCUT2D eigenvalue weighted by molar-refractivity contribution is 9.10. The fraction of sp³-hybridized carbons (Fsp3) is 0.182. The van der Waals surface area contributed by atoms with Crippen molar-refractivity contribution in [3.63, 3.8) is 0 Å². The Hall–Kier alpha value is -1.31. The number of anilines is 1. The molecule has 1 saturated heterocycles. The number of ether oxygens (including phenoxy) is 1. The van der Waals surface area contributed by atoms with Crippen molar-refractivity contribution in [3.8, 4) is 0 Å². The van der Waals surface area contributed by atoms with Gasteiger partial charge in [-0.3, -0.25) is 9.59 Å². The molecule has 2 N–H and O–H groups in total. The van der Waals surface area contributed by atoms with Crippen LogP contribution in [0.3, 0.4) is 0 Å². The summed E-state index contributed by atoms with van der Waals surface area (Å²) < 4.78 is 5.59. The Morgan fingerprint density at radius 2 is 1.94 bits per heavy atom. The summed E-state index contributed by atoms with van der Waals surface area (Å²) in [4.78, 5) is 24.7. The highest BCUT2D eigenvalue weighted by Gasteiger charge is 2.30. The van der Waals surface area contributed by atoms with Gasteiger partial charge in [-0.05, 0) is 18.2 Å². The number of thiocarbonyl (C=S) groups is 1. The lowest BCUT2D eigenvalue weighted by Crippen LogP contribution is -2.47. The molecule has 0 unspecified atom stereocenters. The maximum absolute atomic E-state index is 11.8. The zero-order valence-electron chi connectivity index (χ0n) is 9.18. The van der Waals surface area contributed by atoms with Gasteiger partial charge < -0.3 is 10.5 Å². The molecule has 0 aromatic heterocycles. The molecule has 1 aliphatic rings. The summed E-state index contributed by atoms with van der Waals surface area (Å²) in [5.41, 5.74) is 6.47. The number of carbonyl (C=O) groups is 2. The average Bonchev–Trinajstić information content (AvgIpc) is 2.28. The van der Waals surface area contributed by atoms with Crippen LogP contribution in [0.25, 0.3) is 0 Å². The summed E-state index contributed by atoms with van der Waals surface area (Å²) >= 11 is 8.21. The minimum absolute atomic E-state index is 0.129. The second-order valence-corrected chi connectivity index (χ2v) is 5.00. The largest absolute Gasteiger partial charge is 0.389 e. The number of carbonyl (C=O) groups excluding carboxylic acids is 2. The predicted octanol–water partition coefficient (Wildman–Crippen LogP) is 0.973. The van der Waals surface area contributed by atoms with E-state index in [-0.39, 0.29) is 18.2 Å². The number of benzene rings is 1. The van der Waals surface area contributed by atoms with Gasteiger partial charge in [0, 0.05) is 10.0 Å². The van der Waals surface area contributed by atoms with Crippen molar-refractivity contribution in [3.05, 3.63) is 28.2 Å². The van der Waals surface area contributed by atoms with E-state index in [4.69, 9.17) is 22.7 Å². The maximum Gasteiger partial charge on any atom is 0.259 e. The first kappa shape index (κ1) is 13.1. The Morgan fingerprint density at radius 3 is 2.50 bits per heavy atom. The van der Waals surface area contributed by atoms with Crippen LogP contribution in [0.5, 0.6) is 0 Å². The molecule has 0 spiro atoms. The van der Waals surface area contributed by atoms with Gasteiger partial charge in [0.25, 0.3) is 11.8 Å². The molecular weight excluding hydrogens is 320 g/mol. The number of rotatable bonds is 2. The Kier molecular flexibility index (Phi) is 3.74. The van der Waals surface area contributed by atoms with Crippen molar-refractivity contribution in [1.29, 1.82) is 0 Å². The van der Waals surface area contributed by atoms with Gasteiger partial charge >= 0.3 is 0 Å². The van der Waals surface area contributed by atoms with Gasteiger partial charge in [-0.25, -0.2) is 4.90 Å². The number of hydrogen-bond donors (Lipinski definition) is 1. The third-order valence-corrected chi connectivity index (χ3v) is 3.13. The van der Waals surface area contributed by atoms with Gasteiger partial charge in [-0.1, -0.05) is 28.1 Å². The second kappa shape index (κ2) is 5.13. The Morgan fingerprint density at radius 1 is 1.33 bits per heavy atom. The maximum atomic E-state index is 11.8. The van der Waals surface area contributed by atoms with E-state index in [2.05, 4.69) is 15.9 Å². The topological polar surface area (TPSA) is 72.6 Å². The molecule has 1 heterocycles. The Bertz CT molecular complexity index is 531. The third-order valence-electron chi connectivity index (χ3n) is 2.42. The Balaban J connectivity index is 2.54. The third kappa shape index (κ3) is 2.43. The fourth-order valence-electron chi connectivity index (χ4n) is 1.66. The fourth-order valence-corrected chi connectivity index (χ4v) is 2.18. The summed E-state index contributed by atoms with van der Waals surface area (Å²) in [6.45, 7) is -0.260. The molecule has 1 aromatic rings. The molecule has 0 bridgehead atoms. The van der Waals surface area contributed by atoms with Crippen molar-refractivity contribution in [2.24, 2.45) is 5.73 Å². The molecule has 1 aliphatic heterocycles. The molecule has 0 saturated carbocycles. The molecular formula is C11H9BrN2O3S. The van der Waals surface area contributed by atoms with E-state index in [0.29, 0.717) is 11.3 Å². The van der Waals surface area contributed by atoms with Crippen molar-refractivity contribution in [1.82, 2.24) is 0 Å².